The van der Waals surface area contributed by atoms with E-state index in [4.69, 9.17) is 9.15 Å². The van der Waals surface area contributed by atoms with Gasteiger partial charge in [-0.3, -0.25) is 9.59 Å². The van der Waals surface area contributed by atoms with Crippen LogP contribution in [0, 0.1) is 0 Å². The topological polar surface area (TPSA) is 59.8 Å². The van der Waals surface area contributed by atoms with Crippen LogP contribution in [0.4, 0.5) is 0 Å². The first-order chi connectivity index (χ1) is 12.2. The molecule has 0 radical (unpaired) electrons. The second-order valence-corrected chi connectivity index (χ2v) is 6.23. The van der Waals surface area contributed by atoms with Gasteiger partial charge >= 0.3 is 0 Å². The number of hydrogen-bond donors (Lipinski definition) is 0. The van der Waals surface area contributed by atoms with Crippen LogP contribution in [-0.2, 0) is 16.1 Å². The Kier molecular flexibility index (Phi) is 6.01. The van der Waals surface area contributed by atoms with Crippen LogP contribution in [0.5, 0.6) is 0 Å². The van der Waals surface area contributed by atoms with Crippen LogP contribution in [-0.4, -0.2) is 35.8 Å². The van der Waals surface area contributed by atoms with E-state index in [9.17, 15) is 9.59 Å². The molecule has 3 rings (SSSR count). The van der Waals surface area contributed by atoms with E-state index < -0.39 is 0 Å². The van der Waals surface area contributed by atoms with Crippen molar-refractivity contribution >= 4 is 11.7 Å². The van der Waals surface area contributed by atoms with Crippen LogP contribution in [0.2, 0.25) is 0 Å². The van der Waals surface area contributed by atoms with Gasteiger partial charge in [0.25, 0.3) is 0 Å². The summed E-state index contributed by atoms with van der Waals surface area (Å²) < 4.78 is 10.8. The third-order valence-electron chi connectivity index (χ3n) is 4.52. The monoisotopic (exact) mass is 341 g/mol. The summed E-state index contributed by atoms with van der Waals surface area (Å²) in [5.41, 5.74) is 0.652. The predicted octanol–water partition coefficient (Wildman–Crippen LogP) is 3.45. The number of carbonyl (C=O) groups is 2. The van der Waals surface area contributed by atoms with E-state index in [0.29, 0.717) is 25.3 Å². The van der Waals surface area contributed by atoms with Gasteiger partial charge in [-0.15, -0.1) is 0 Å². The van der Waals surface area contributed by atoms with Crippen molar-refractivity contribution in [3.8, 4) is 0 Å². The van der Waals surface area contributed by atoms with E-state index >= 15 is 0 Å². The van der Waals surface area contributed by atoms with E-state index in [1.54, 1.807) is 18.4 Å². The fourth-order valence-electron chi connectivity index (χ4n) is 3.12. The zero-order chi connectivity index (χ0) is 17.5. The predicted molar refractivity (Wildman–Crippen MR) is 93.1 cm³/mol. The molecule has 5 nitrogen and oxygen atoms in total. The minimum atomic E-state index is -0.00687. The molecule has 1 aliphatic heterocycles. The quantitative estimate of drug-likeness (QED) is 0.724. The fraction of sp³-hybridized carbons (Fsp3) is 0.400. The highest BCUT2D eigenvalue weighted by atomic mass is 16.5. The number of ether oxygens (including phenoxy) is 1. The molecule has 132 valence electrons. The molecule has 0 spiro atoms. The molecular weight excluding hydrogens is 318 g/mol. The van der Waals surface area contributed by atoms with Gasteiger partial charge in [-0.05, 0) is 25.0 Å². The van der Waals surface area contributed by atoms with Crippen molar-refractivity contribution in [1.82, 2.24) is 4.90 Å². The molecule has 2 heterocycles. The second kappa shape index (κ2) is 8.62. The lowest BCUT2D eigenvalue weighted by Crippen LogP contribution is -2.43. The Morgan fingerprint density at radius 2 is 1.76 bits per heavy atom. The number of rotatable bonds is 7. The number of carbonyl (C=O) groups excluding carboxylic acids is 2. The van der Waals surface area contributed by atoms with Gasteiger partial charge in [0.05, 0.1) is 12.8 Å². The molecule has 2 aromatic rings. The van der Waals surface area contributed by atoms with E-state index in [1.165, 1.54) is 0 Å². The molecule has 1 saturated heterocycles. The Bertz CT molecular complexity index is 675. The zero-order valence-corrected chi connectivity index (χ0v) is 14.2. The lowest BCUT2D eigenvalue weighted by atomic mass is 10.0. The maximum atomic E-state index is 12.8. The van der Waals surface area contributed by atoms with Gasteiger partial charge < -0.3 is 14.1 Å². The molecule has 1 fully saturated rings. The van der Waals surface area contributed by atoms with E-state index in [-0.39, 0.29) is 30.6 Å². The van der Waals surface area contributed by atoms with Crippen molar-refractivity contribution in [2.45, 2.75) is 38.3 Å². The van der Waals surface area contributed by atoms with Crippen LogP contribution in [0.1, 0.15) is 41.8 Å². The molecule has 0 aliphatic carbocycles. The summed E-state index contributed by atoms with van der Waals surface area (Å²) in [6.45, 7) is 1.77. The average molecular weight is 341 g/mol. The number of hydrogen-bond acceptors (Lipinski definition) is 4. The first-order valence-corrected chi connectivity index (χ1v) is 8.72. The van der Waals surface area contributed by atoms with E-state index in [0.717, 1.165) is 18.6 Å². The number of Topliss-reactive ketones (excluding diaryl/α,β-unsaturated/α-hetero) is 1. The smallest absolute Gasteiger partial charge is 0.223 e. The summed E-state index contributed by atoms with van der Waals surface area (Å²) in [5, 5.41) is 0. The Morgan fingerprint density at radius 3 is 2.44 bits per heavy atom. The molecule has 1 aromatic carbocycles. The SMILES string of the molecule is O=C(CCC(=O)N(Cc1ccco1)C1CCOCC1)c1ccccc1. The molecule has 0 saturated carbocycles. The normalized spacial score (nSPS) is 15.0. The Hall–Kier alpha value is -2.40. The van der Waals surface area contributed by atoms with Crippen LogP contribution in [0.25, 0.3) is 0 Å². The zero-order valence-electron chi connectivity index (χ0n) is 14.2. The number of benzene rings is 1. The molecule has 0 bridgehead atoms. The summed E-state index contributed by atoms with van der Waals surface area (Å²) in [6.07, 6.45) is 3.69. The third-order valence-corrected chi connectivity index (χ3v) is 4.52. The summed E-state index contributed by atoms with van der Waals surface area (Å²) in [6, 6.07) is 12.9. The van der Waals surface area contributed by atoms with Crippen molar-refractivity contribution in [3.63, 3.8) is 0 Å². The lowest BCUT2D eigenvalue weighted by Gasteiger charge is -2.34. The summed E-state index contributed by atoms with van der Waals surface area (Å²) in [7, 11) is 0. The van der Waals surface area contributed by atoms with Gasteiger partial charge in [0.15, 0.2) is 5.78 Å². The minimum Gasteiger partial charge on any atom is -0.467 e. The highest BCUT2D eigenvalue weighted by Gasteiger charge is 2.26. The van der Waals surface area contributed by atoms with Crippen LogP contribution in [0.3, 0.4) is 0 Å². The van der Waals surface area contributed by atoms with Gasteiger partial charge in [-0.1, -0.05) is 30.3 Å². The highest BCUT2D eigenvalue weighted by Crippen LogP contribution is 2.20. The number of amides is 1. The van der Waals surface area contributed by atoms with Crippen LogP contribution in [0.15, 0.2) is 53.1 Å². The molecule has 1 aliphatic rings. The van der Waals surface area contributed by atoms with Crippen LogP contribution >= 0.6 is 0 Å². The van der Waals surface area contributed by atoms with Gasteiger partial charge in [0, 0.05) is 37.7 Å². The van der Waals surface area contributed by atoms with E-state index in [2.05, 4.69) is 0 Å². The van der Waals surface area contributed by atoms with Gasteiger partial charge in [-0.2, -0.15) is 0 Å². The first kappa shape index (κ1) is 17.4. The fourth-order valence-corrected chi connectivity index (χ4v) is 3.12. The largest absolute Gasteiger partial charge is 0.467 e. The molecule has 0 unspecified atom stereocenters. The molecule has 1 aromatic heterocycles. The number of nitrogens with zero attached hydrogens (tertiary/aromatic N) is 1. The van der Waals surface area contributed by atoms with Gasteiger partial charge in [0.2, 0.25) is 5.91 Å². The maximum Gasteiger partial charge on any atom is 0.223 e. The average Bonchev–Trinajstić information content (AvgIpc) is 3.18. The Balaban J connectivity index is 1.62. The molecule has 25 heavy (non-hydrogen) atoms. The number of furan rings is 1. The molecule has 1 amide bonds. The maximum absolute atomic E-state index is 12.8. The second-order valence-electron chi connectivity index (χ2n) is 6.23. The molecular formula is C20H23NO4. The standard InChI is InChI=1S/C20H23NO4/c22-19(16-5-2-1-3-6-16)8-9-20(23)21(15-18-7-4-12-25-18)17-10-13-24-14-11-17/h1-7,12,17H,8-11,13-15H2. The lowest BCUT2D eigenvalue weighted by molar-refractivity contribution is -0.136. The van der Waals surface area contributed by atoms with Crippen LogP contribution < -0.4 is 0 Å². The Morgan fingerprint density at radius 1 is 1.00 bits per heavy atom. The highest BCUT2D eigenvalue weighted by molar-refractivity contribution is 5.97. The van der Waals surface area contributed by atoms with Crippen molar-refractivity contribution in [2.75, 3.05) is 13.2 Å². The minimum absolute atomic E-state index is 0.00104. The summed E-state index contributed by atoms with van der Waals surface area (Å²) in [5.74, 6) is 0.751. The van der Waals surface area contributed by atoms with Crippen molar-refractivity contribution in [2.24, 2.45) is 0 Å². The molecule has 0 N–H and O–H groups in total. The van der Waals surface area contributed by atoms with Crippen molar-refractivity contribution < 1.29 is 18.7 Å². The summed E-state index contributed by atoms with van der Waals surface area (Å²) in [4.78, 5) is 26.9. The molecule has 5 heteroatoms. The first-order valence-electron chi connectivity index (χ1n) is 8.72. The van der Waals surface area contributed by atoms with E-state index in [1.807, 2.05) is 35.2 Å². The summed E-state index contributed by atoms with van der Waals surface area (Å²) >= 11 is 0. The van der Waals surface area contributed by atoms with Gasteiger partial charge in [-0.25, -0.2) is 0 Å². The third kappa shape index (κ3) is 4.79. The van der Waals surface area contributed by atoms with Crippen molar-refractivity contribution in [3.05, 3.63) is 60.1 Å². The van der Waals surface area contributed by atoms with Crippen molar-refractivity contribution in [1.29, 1.82) is 0 Å². The van der Waals surface area contributed by atoms with Gasteiger partial charge in [0.1, 0.15) is 5.76 Å². The molecule has 0 atom stereocenters. The Labute approximate surface area is 147 Å². The number of ketones is 1.